The fourth-order valence-corrected chi connectivity index (χ4v) is 2.05. The minimum Gasteiger partial charge on any atom is -0.494 e. The van der Waals surface area contributed by atoms with Crippen LogP contribution < -0.4 is 15.8 Å². The molecule has 0 bridgehead atoms. The second-order valence-corrected chi connectivity index (χ2v) is 5.21. The van der Waals surface area contributed by atoms with Gasteiger partial charge < -0.3 is 10.5 Å². The van der Waals surface area contributed by atoms with Gasteiger partial charge in [0.15, 0.2) is 11.6 Å². The highest BCUT2D eigenvalue weighted by Crippen LogP contribution is 2.30. The van der Waals surface area contributed by atoms with Crippen LogP contribution in [0.5, 0.6) is 5.75 Å². The van der Waals surface area contributed by atoms with Crippen molar-refractivity contribution in [2.45, 2.75) is 0 Å². The van der Waals surface area contributed by atoms with Crippen LogP contribution in [0.1, 0.15) is 0 Å². The minimum absolute atomic E-state index is 0.207. The normalized spacial score (nSPS) is 10.5. The molecule has 1 rings (SSSR count). The zero-order chi connectivity index (χ0) is 10.0. The molecule has 2 nitrogen and oxygen atoms in total. The van der Waals surface area contributed by atoms with Crippen LogP contribution in [-0.2, 0) is 0 Å². The molecule has 0 amide bonds. The van der Waals surface area contributed by atoms with E-state index in [1.165, 1.54) is 19.2 Å². The number of hydrogen-bond donors (Lipinski definition) is 1. The molecular weight excluding hydrogens is 188 g/mol. The van der Waals surface area contributed by atoms with E-state index in [9.17, 15) is 4.39 Å². The number of rotatable bonds is 2. The predicted molar refractivity (Wildman–Crippen MR) is 55.8 cm³/mol. The monoisotopic (exact) mass is 201 g/mol. The fraction of sp³-hybridized carbons (Fsp3) is 0.333. The summed E-state index contributed by atoms with van der Waals surface area (Å²) in [5.41, 5.74) is 6.34. The van der Waals surface area contributed by atoms with Crippen LogP contribution >= 0.6 is 7.92 Å². The molecule has 0 unspecified atom stereocenters. The Morgan fingerprint density at radius 2 is 2.00 bits per heavy atom. The van der Waals surface area contributed by atoms with E-state index in [4.69, 9.17) is 10.5 Å². The second kappa shape index (κ2) is 3.93. The third-order valence-corrected chi connectivity index (χ3v) is 3.13. The summed E-state index contributed by atoms with van der Waals surface area (Å²) >= 11 is 0. The van der Waals surface area contributed by atoms with Gasteiger partial charge >= 0.3 is 0 Å². The van der Waals surface area contributed by atoms with Crippen LogP contribution in [0.15, 0.2) is 12.1 Å². The number of nitrogens with two attached hydrogens (primary N) is 1. The fourth-order valence-electron chi connectivity index (χ4n) is 1.10. The van der Waals surface area contributed by atoms with Gasteiger partial charge in [-0.15, -0.1) is 0 Å². The lowest BCUT2D eigenvalue weighted by Crippen LogP contribution is -2.09. The van der Waals surface area contributed by atoms with Crippen molar-refractivity contribution < 1.29 is 9.13 Å². The van der Waals surface area contributed by atoms with Gasteiger partial charge in [-0.1, -0.05) is 7.92 Å². The molecule has 13 heavy (non-hydrogen) atoms. The molecule has 0 saturated heterocycles. The van der Waals surface area contributed by atoms with Gasteiger partial charge in [0.25, 0.3) is 0 Å². The minimum atomic E-state index is -0.371. The van der Waals surface area contributed by atoms with Crippen molar-refractivity contribution in [1.82, 2.24) is 0 Å². The quantitative estimate of drug-likeness (QED) is 0.584. The summed E-state index contributed by atoms with van der Waals surface area (Å²) in [6.07, 6.45) is 0. The van der Waals surface area contributed by atoms with Crippen molar-refractivity contribution in [2.75, 3.05) is 26.2 Å². The molecule has 0 aromatic heterocycles. The Morgan fingerprint density at radius 3 is 2.46 bits per heavy atom. The molecular formula is C9H13FNOP. The van der Waals surface area contributed by atoms with Crippen molar-refractivity contribution in [3.8, 4) is 5.75 Å². The van der Waals surface area contributed by atoms with Gasteiger partial charge in [-0.2, -0.15) is 0 Å². The highest BCUT2D eigenvalue weighted by Gasteiger charge is 2.10. The first-order chi connectivity index (χ1) is 6.06. The summed E-state index contributed by atoms with van der Waals surface area (Å²) < 4.78 is 18.0. The van der Waals surface area contributed by atoms with E-state index in [1.807, 2.05) is 13.3 Å². The number of ether oxygens (including phenoxy) is 1. The van der Waals surface area contributed by atoms with Crippen LogP contribution in [0.4, 0.5) is 10.1 Å². The van der Waals surface area contributed by atoms with E-state index in [-0.39, 0.29) is 19.5 Å². The maximum atomic E-state index is 13.2. The number of methoxy groups -OCH3 is 1. The molecule has 0 heterocycles. The summed E-state index contributed by atoms with van der Waals surface area (Å²) in [7, 11) is 1.06. The van der Waals surface area contributed by atoms with E-state index in [1.54, 1.807) is 0 Å². The molecule has 0 radical (unpaired) electrons. The van der Waals surface area contributed by atoms with E-state index in [0.717, 1.165) is 5.30 Å². The molecule has 0 saturated carbocycles. The SMILES string of the molecule is COc1cc(N)c(P(C)C)cc1F. The molecule has 4 heteroatoms. The van der Waals surface area contributed by atoms with Crippen LogP contribution in [0.25, 0.3) is 0 Å². The number of halogens is 1. The van der Waals surface area contributed by atoms with E-state index in [0.29, 0.717) is 5.69 Å². The van der Waals surface area contributed by atoms with Crippen LogP contribution in [0.3, 0.4) is 0 Å². The predicted octanol–water partition coefficient (Wildman–Crippen LogP) is 1.78. The van der Waals surface area contributed by atoms with E-state index < -0.39 is 0 Å². The Balaban J connectivity index is 3.20. The highest BCUT2D eigenvalue weighted by atomic mass is 31.1. The average Bonchev–Trinajstić information content (AvgIpc) is 2.07. The lowest BCUT2D eigenvalue weighted by atomic mass is 10.3. The molecule has 0 aliphatic heterocycles. The topological polar surface area (TPSA) is 35.2 Å². The van der Waals surface area contributed by atoms with Gasteiger partial charge in [0.05, 0.1) is 7.11 Å². The van der Waals surface area contributed by atoms with Gasteiger partial charge in [-0.25, -0.2) is 4.39 Å². The van der Waals surface area contributed by atoms with Crippen LogP contribution in [-0.4, -0.2) is 20.4 Å². The lowest BCUT2D eigenvalue weighted by Gasteiger charge is -2.11. The zero-order valence-electron chi connectivity index (χ0n) is 7.97. The second-order valence-electron chi connectivity index (χ2n) is 2.94. The summed E-state index contributed by atoms with van der Waals surface area (Å²) in [5.74, 6) is -0.138. The summed E-state index contributed by atoms with van der Waals surface area (Å²) in [4.78, 5) is 0. The summed E-state index contributed by atoms with van der Waals surface area (Å²) in [6, 6.07) is 2.99. The Kier molecular flexibility index (Phi) is 3.10. The first-order valence-corrected chi connectivity index (χ1v) is 6.10. The largest absolute Gasteiger partial charge is 0.494 e. The molecule has 0 atom stereocenters. The van der Waals surface area contributed by atoms with Crippen LogP contribution in [0, 0.1) is 5.82 Å². The Labute approximate surface area is 78.6 Å². The third-order valence-electron chi connectivity index (χ3n) is 1.78. The van der Waals surface area contributed by atoms with E-state index in [2.05, 4.69) is 0 Å². The Hall–Kier alpha value is -0.820. The molecule has 0 fully saturated rings. The van der Waals surface area contributed by atoms with Gasteiger partial charge in [0, 0.05) is 17.1 Å². The third kappa shape index (κ3) is 2.10. The standard InChI is InChI=1S/C9H13FNOP/c1-12-8-5-7(11)9(13(2)3)4-6(8)10/h4-5H,11H2,1-3H3. The Morgan fingerprint density at radius 1 is 1.38 bits per heavy atom. The average molecular weight is 201 g/mol. The molecule has 0 aliphatic rings. The zero-order valence-corrected chi connectivity index (χ0v) is 8.86. The smallest absolute Gasteiger partial charge is 0.165 e. The van der Waals surface area contributed by atoms with Crippen LogP contribution in [0.2, 0.25) is 0 Å². The first-order valence-electron chi connectivity index (χ1n) is 3.86. The number of benzene rings is 1. The van der Waals surface area contributed by atoms with E-state index >= 15 is 0 Å². The summed E-state index contributed by atoms with van der Waals surface area (Å²) in [5, 5.41) is 0.883. The molecule has 0 spiro atoms. The molecule has 0 aliphatic carbocycles. The molecule has 1 aromatic rings. The number of nitrogen functional groups attached to an aromatic ring is 1. The maximum absolute atomic E-state index is 13.2. The van der Waals surface area contributed by atoms with Crippen molar-refractivity contribution in [2.24, 2.45) is 0 Å². The van der Waals surface area contributed by atoms with Gasteiger partial charge in [-0.05, 0) is 19.4 Å². The molecule has 1 aromatic carbocycles. The number of anilines is 1. The summed E-state index contributed by atoms with van der Waals surface area (Å²) in [6.45, 7) is 4.07. The maximum Gasteiger partial charge on any atom is 0.165 e. The highest BCUT2D eigenvalue weighted by molar-refractivity contribution is 7.64. The van der Waals surface area contributed by atoms with Gasteiger partial charge in [-0.3, -0.25) is 0 Å². The van der Waals surface area contributed by atoms with Crippen molar-refractivity contribution in [3.05, 3.63) is 17.9 Å². The molecule has 72 valence electrons. The lowest BCUT2D eigenvalue weighted by molar-refractivity contribution is 0.387. The van der Waals surface area contributed by atoms with Crippen molar-refractivity contribution in [1.29, 1.82) is 0 Å². The number of hydrogen-bond acceptors (Lipinski definition) is 2. The van der Waals surface area contributed by atoms with Gasteiger partial charge in [0.2, 0.25) is 0 Å². The first kappa shape index (κ1) is 10.3. The van der Waals surface area contributed by atoms with Gasteiger partial charge in [0.1, 0.15) is 0 Å². The Bertz CT molecular complexity index is 315. The van der Waals surface area contributed by atoms with Crippen molar-refractivity contribution >= 4 is 18.9 Å². The molecule has 2 N–H and O–H groups in total. The van der Waals surface area contributed by atoms with Crippen molar-refractivity contribution in [3.63, 3.8) is 0 Å².